The van der Waals surface area contributed by atoms with Crippen LogP contribution in [-0.4, -0.2) is 38.1 Å². The maximum absolute atomic E-state index is 13.8. The molecule has 4 rings (SSSR count). The van der Waals surface area contributed by atoms with E-state index in [1.54, 1.807) is 6.07 Å². The second kappa shape index (κ2) is 5.54. The smallest absolute Gasteiger partial charge is 0.124 e. The van der Waals surface area contributed by atoms with Crippen molar-refractivity contribution in [2.45, 2.75) is 6.04 Å². The van der Waals surface area contributed by atoms with Gasteiger partial charge in [-0.3, -0.25) is 4.99 Å². The molecule has 112 valence electrons. The van der Waals surface area contributed by atoms with E-state index in [9.17, 15) is 4.39 Å². The minimum absolute atomic E-state index is 0.221. The van der Waals surface area contributed by atoms with Gasteiger partial charge in [0, 0.05) is 23.4 Å². The van der Waals surface area contributed by atoms with E-state index in [0.717, 1.165) is 29.1 Å². The number of nitrogens with zero attached hydrogens (tertiary/aromatic N) is 2. The van der Waals surface area contributed by atoms with Gasteiger partial charge >= 0.3 is 0 Å². The van der Waals surface area contributed by atoms with Crippen molar-refractivity contribution in [3.05, 3.63) is 65.5 Å². The van der Waals surface area contributed by atoms with Gasteiger partial charge in [-0.1, -0.05) is 30.3 Å². The molecule has 0 radical (unpaired) electrons. The number of ether oxygens (including phenoxy) is 1. The summed E-state index contributed by atoms with van der Waals surface area (Å²) in [6.45, 7) is 2.86. The van der Waals surface area contributed by atoms with Crippen LogP contribution in [0.15, 0.2) is 53.5 Å². The molecule has 2 aromatic rings. The van der Waals surface area contributed by atoms with Crippen LogP contribution in [0.25, 0.3) is 0 Å². The van der Waals surface area contributed by atoms with E-state index < -0.39 is 0 Å². The van der Waals surface area contributed by atoms with Crippen molar-refractivity contribution < 1.29 is 9.13 Å². The molecule has 2 aliphatic heterocycles. The van der Waals surface area contributed by atoms with Gasteiger partial charge in [-0.2, -0.15) is 0 Å². The lowest BCUT2D eigenvalue weighted by atomic mass is 10.00. The Hall–Kier alpha value is -2.20. The lowest BCUT2D eigenvalue weighted by Crippen LogP contribution is -2.47. The zero-order chi connectivity index (χ0) is 14.9. The predicted octanol–water partition coefficient (Wildman–Crippen LogP) is 2.88. The van der Waals surface area contributed by atoms with Crippen LogP contribution in [0.1, 0.15) is 11.1 Å². The molecule has 0 amide bonds. The van der Waals surface area contributed by atoms with Gasteiger partial charge in [-0.25, -0.2) is 4.39 Å². The van der Waals surface area contributed by atoms with E-state index >= 15 is 0 Å². The number of rotatable bonds is 1. The molecule has 0 saturated carbocycles. The fourth-order valence-corrected chi connectivity index (χ4v) is 3.20. The largest absolute Gasteiger partial charge is 0.377 e. The Balaban J connectivity index is 1.88. The van der Waals surface area contributed by atoms with Crippen LogP contribution >= 0.6 is 0 Å². The van der Waals surface area contributed by atoms with Crippen molar-refractivity contribution in [3.63, 3.8) is 0 Å². The minimum Gasteiger partial charge on any atom is -0.377 e. The molecular formula is C18H17FN2O. The number of anilines is 1. The predicted molar refractivity (Wildman–Crippen MR) is 85.3 cm³/mol. The molecule has 0 aromatic heterocycles. The lowest BCUT2D eigenvalue weighted by molar-refractivity contribution is 0.0966. The summed E-state index contributed by atoms with van der Waals surface area (Å²) >= 11 is 0. The summed E-state index contributed by atoms with van der Waals surface area (Å²) in [5.41, 5.74) is 3.81. The molecule has 0 aliphatic carbocycles. The summed E-state index contributed by atoms with van der Waals surface area (Å²) in [6.07, 6.45) is 0. The zero-order valence-electron chi connectivity index (χ0n) is 12.2. The summed E-state index contributed by atoms with van der Waals surface area (Å²) in [6, 6.07) is 15.2. The highest BCUT2D eigenvalue weighted by Gasteiger charge is 2.29. The van der Waals surface area contributed by atoms with Crippen LogP contribution in [-0.2, 0) is 4.74 Å². The second-order valence-electron chi connectivity index (χ2n) is 5.64. The fraction of sp³-hybridized carbons (Fsp3) is 0.278. The van der Waals surface area contributed by atoms with Gasteiger partial charge in [-0.05, 0) is 18.2 Å². The van der Waals surface area contributed by atoms with E-state index in [-0.39, 0.29) is 11.9 Å². The Labute approximate surface area is 129 Å². The third-order valence-corrected chi connectivity index (χ3v) is 4.26. The zero-order valence-corrected chi connectivity index (χ0v) is 12.2. The van der Waals surface area contributed by atoms with E-state index in [1.165, 1.54) is 6.07 Å². The third kappa shape index (κ3) is 2.29. The van der Waals surface area contributed by atoms with Crippen LogP contribution in [0.3, 0.4) is 0 Å². The molecular weight excluding hydrogens is 279 g/mol. The Kier molecular flexibility index (Phi) is 3.39. The molecule has 2 heterocycles. The first kappa shape index (κ1) is 13.5. The van der Waals surface area contributed by atoms with Crippen molar-refractivity contribution in [3.8, 4) is 0 Å². The van der Waals surface area contributed by atoms with Crippen molar-refractivity contribution in [1.29, 1.82) is 0 Å². The fourth-order valence-electron chi connectivity index (χ4n) is 3.20. The summed E-state index contributed by atoms with van der Waals surface area (Å²) in [7, 11) is 0. The van der Waals surface area contributed by atoms with Crippen LogP contribution in [0.4, 0.5) is 10.1 Å². The number of hydrogen-bond acceptors (Lipinski definition) is 3. The monoisotopic (exact) mass is 296 g/mol. The molecule has 1 unspecified atom stereocenters. The second-order valence-corrected chi connectivity index (χ2v) is 5.64. The van der Waals surface area contributed by atoms with Gasteiger partial charge < -0.3 is 9.64 Å². The number of benzene rings is 2. The van der Waals surface area contributed by atoms with Crippen molar-refractivity contribution in [2.24, 2.45) is 4.99 Å². The Bertz CT molecular complexity index is 714. The molecule has 0 spiro atoms. The van der Waals surface area contributed by atoms with Crippen LogP contribution in [0.2, 0.25) is 0 Å². The first-order valence-corrected chi connectivity index (χ1v) is 7.57. The number of halogens is 1. The van der Waals surface area contributed by atoms with Gasteiger partial charge in [0.2, 0.25) is 0 Å². The third-order valence-electron chi connectivity index (χ3n) is 4.26. The molecule has 1 saturated heterocycles. The topological polar surface area (TPSA) is 24.8 Å². The highest BCUT2D eigenvalue weighted by atomic mass is 19.1. The van der Waals surface area contributed by atoms with E-state index in [1.807, 2.05) is 36.4 Å². The molecule has 3 nitrogen and oxygen atoms in total. The number of aliphatic imine (C=N–C) groups is 1. The average Bonchev–Trinajstić information content (AvgIpc) is 2.72. The molecule has 0 N–H and O–H groups in total. The molecule has 1 fully saturated rings. The van der Waals surface area contributed by atoms with Crippen LogP contribution < -0.4 is 4.90 Å². The van der Waals surface area contributed by atoms with Crippen molar-refractivity contribution >= 4 is 11.4 Å². The van der Waals surface area contributed by atoms with Gasteiger partial charge in [0.05, 0.1) is 31.5 Å². The lowest BCUT2D eigenvalue weighted by Gasteiger charge is -2.36. The molecule has 22 heavy (non-hydrogen) atoms. The van der Waals surface area contributed by atoms with E-state index in [0.29, 0.717) is 19.8 Å². The van der Waals surface area contributed by atoms with Crippen LogP contribution in [0, 0.1) is 5.82 Å². The average molecular weight is 296 g/mol. The maximum Gasteiger partial charge on any atom is 0.124 e. The Morgan fingerprint density at radius 1 is 1.14 bits per heavy atom. The van der Waals surface area contributed by atoms with Gasteiger partial charge in [-0.15, -0.1) is 0 Å². The minimum atomic E-state index is -0.228. The van der Waals surface area contributed by atoms with E-state index in [4.69, 9.17) is 9.73 Å². The summed E-state index contributed by atoms with van der Waals surface area (Å²) < 4.78 is 19.4. The summed E-state index contributed by atoms with van der Waals surface area (Å²) in [5, 5.41) is 0. The highest BCUT2D eigenvalue weighted by molar-refractivity contribution is 6.16. The number of morpholine rings is 1. The Morgan fingerprint density at radius 2 is 2.00 bits per heavy atom. The quantitative estimate of drug-likeness (QED) is 0.808. The molecule has 2 aromatic carbocycles. The first-order valence-electron chi connectivity index (χ1n) is 7.57. The summed E-state index contributed by atoms with van der Waals surface area (Å²) in [5.74, 6) is -0.228. The van der Waals surface area contributed by atoms with Gasteiger partial charge in [0.15, 0.2) is 0 Å². The Morgan fingerprint density at radius 3 is 2.86 bits per heavy atom. The SMILES string of the molecule is Fc1ccc2c(c1)C(c1ccccc1)=NCC1COCCN21. The van der Waals surface area contributed by atoms with Crippen molar-refractivity contribution in [2.75, 3.05) is 31.2 Å². The normalized spacial score (nSPS) is 20.7. The molecule has 1 atom stereocenters. The van der Waals surface area contributed by atoms with Gasteiger partial charge in [0.1, 0.15) is 5.82 Å². The molecule has 2 aliphatic rings. The maximum atomic E-state index is 13.8. The highest BCUT2D eigenvalue weighted by Crippen LogP contribution is 2.30. The molecule has 0 bridgehead atoms. The number of hydrogen-bond donors (Lipinski definition) is 0. The molecule has 4 heteroatoms. The van der Waals surface area contributed by atoms with Crippen molar-refractivity contribution in [1.82, 2.24) is 0 Å². The standard InChI is InChI=1S/C18H17FN2O/c19-14-6-7-17-16(10-14)18(13-4-2-1-3-5-13)20-11-15-12-22-9-8-21(15)17/h1-7,10,15H,8-9,11-12H2. The summed E-state index contributed by atoms with van der Waals surface area (Å²) in [4.78, 5) is 7.09. The number of fused-ring (bicyclic) bond motifs is 3. The van der Waals surface area contributed by atoms with E-state index in [2.05, 4.69) is 4.90 Å². The first-order chi connectivity index (χ1) is 10.8. The van der Waals surface area contributed by atoms with Crippen LogP contribution in [0.5, 0.6) is 0 Å². The van der Waals surface area contributed by atoms with Gasteiger partial charge in [0.25, 0.3) is 0 Å².